The van der Waals surface area contributed by atoms with Crippen LogP contribution in [0.2, 0.25) is 10.0 Å². The summed E-state index contributed by atoms with van der Waals surface area (Å²) < 4.78 is 35.9. The number of aliphatic hydroxyl groups excluding tert-OH is 2. The van der Waals surface area contributed by atoms with Crippen LogP contribution in [0.1, 0.15) is 20.8 Å². The van der Waals surface area contributed by atoms with Crippen LogP contribution in [0.25, 0.3) is 16.7 Å². The number of hydrogen-bond acceptors (Lipinski definition) is 8. The first-order valence-corrected chi connectivity index (χ1v) is 14.5. The Hall–Kier alpha value is -3.42. The van der Waals surface area contributed by atoms with Gasteiger partial charge in [-0.15, -0.1) is 10.2 Å². The van der Waals surface area contributed by atoms with Crippen LogP contribution in [0.5, 0.6) is 5.88 Å². The number of halogens is 2. The van der Waals surface area contributed by atoms with E-state index in [-0.39, 0.29) is 33.1 Å². The first-order chi connectivity index (χ1) is 19.2. The summed E-state index contributed by atoms with van der Waals surface area (Å²) in [6.45, 7) is 4.34. The molecule has 0 aliphatic heterocycles. The Balaban J connectivity index is 1.79. The molecule has 4 aromatic rings. The number of carbonyl (C=O) groups is 1. The third-order valence-corrected chi connectivity index (χ3v) is 8.32. The van der Waals surface area contributed by atoms with Crippen LogP contribution >= 0.6 is 23.2 Å². The van der Waals surface area contributed by atoms with Gasteiger partial charge < -0.3 is 20.1 Å². The Kier molecular flexibility index (Phi) is 8.81. The van der Waals surface area contributed by atoms with Crippen molar-refractivity contribution >= 4 is 55.8 Å². The average Bonchev–Trinajstić information content (AvgIpc) is 3.32. The normalized spacial score (nSPS) is 13.6. The van der Waals surface area contributed by atoms with Crippen molar-refractivity contribution in [1.82, 2.24) is 14.8 Å². The van der Waals surface area contributed by atoms with Crippen molar-refractivity contribution in [3.05, 3.63) is 70.8 Å². The Bertz CT molecular complexity index is 1650. The topological polar surface area (TPSA) is 155 Å². The molecular weight excluding hydrogens is 595 g/mol. The Morgan fingerprint density at radius 1 is 1.05 bits per heavy atom. The Labute approximate surface area is 246 Å². The summed E-state index contributed by atoms with van der Waals surface area (Å²) in [5.74, 6) is -0.737. The maximum atomic E-state index is 14.0. The van der Waals surface area contributed by atoms with E-state index in [0.29, 0.717) is 16.7 Å². The molecule has 4 rings (SSSR count). The number of sulfonamides is 1. The van der Waals surface area contributed by atoms with Crippen molar-refractivity contribution < 1.29 is 33.3 Å². The van der Waals surface area contributed by atoms with Crippen LogP contribution in [0, 0.1) is 5.41 Å². The highest BCUT2D eigenvalue weighted by molar-refractivity contribution is 7.93. The molecule has 2 aromatic carbocycles. The number of fused-ring (bicyclic) bond motifs is 1. The summed E-state index contributed by atoms with van der Waals surface area (Å²) in [6, 6.07) is 12.0. The maximum Gasteiger partial charge on any atom is 0.328 e. The van der Waals surface area contributed by atoms with Gasteiger partial charge >= 0.3 is 5.97 Å². The summed E-state index contributed by atoms with van der Waals surface area (Å²) in [7, 11) is -4.45. The van der Waals surface area contributed by atoms with Gasteiger partial charge in [0, 0.05) is 27.7 Å². The van der Waals surface area contributed by atoms with Crippen molar-refractivity contribution in [2.45, 2.75) is 37.8 Å². The highest BCUT2D eigenvalue weighted by Crippen LogP contribution is 2.37. The second kappa shape index (κ2) is 11.8. The number of hydrogen-bond donors (Lipinski definition) is 3. The fourth-order valence-corrected chi connectivity index (χ4v) is 6.77. The van der Waals surface area contributed by atoms with Crippen LogP contribution in [-0.2, 0) is 14.8 Å². The van der Waals surface area contributed by atoms with Crippen molar-refractivity contribution in [3.63, 3.8) is 0 Å². The number of aliphatic hydroxyl groups is 2. The van der Waals surface area contributed by atoms with Crippen LogP contribution in [-0.4, -0.2) is 69.8 Å². The number of benzene rings is 2. The summed E-state index contributed by atoms with van der Waals surface area (Å²) in [4.78, 5) is 12.3. The number of aliphatic carboxylic acids is 1. The Morgan fingerprint density at radius 2 is 1.73 bits per heavy atom. The van der Waals surface area contributed by atoms with E-state index in [9.17, 15) is 23.4 Å². The molecule has 0 amide bonds. The van der Waals surface area contributed by atoms with E-state index in [1.54, 1.807) is 61.9 Å². The largest absolute Gasteiger partial charge is 0.480 e. The maximum absolute atomic E-state index is 14.0. The van der Waals surface area contributed by atoms with E-state index in [4.69, 9.17) is 33.0 Å². The minimum Gasteiger partial charge on any atom is -0.480 e. The lowest BCUT2D eigenvalue weighted by atomic mass is 9.86. The zero-order chi connectivity index (χ0) is 30.1. The van der Waals surface area contributed by atoms with E-state index < -0.39 is 40.2 Å². The van der Waals surface area contributed by atoms with Gasteiger partial charge in [-0.3, -0.25) is 8.87 Å². The number of aromatic nitrogens is 3. The predicted octanol–water partition coefficient (Wildman–Crippen LogP) is 4.15. The monoisotopic (exact) mass is 622 g/mol. The summed E-state index contributed by atoms with van der Waals surface area (Å²) in [6.07, 6.45) is 0.667. The number of carboxylic acid groups (broad SMARTS) is 1. The smallest absolute Gasteiger partial charge is 0.328 e. The van der Waals surface area contributed by atoms with Gasteiger partial charge in [-0.2, -0.15) is 0 Å². The van der Waals surface area contributed by atoms with E-state index in [1.807, 2.05) is 0 Å². The first kappa shape index (κ1) is 30.5. The predicted molar refractivity (Wildman–Crippen MR) is 154 cm³/mol. The number of nitrogens with zero attached hydrogens (tertiary/aromatic N) is 4. The van der Waals surface area contributed by atoms with E-state index in [1.165, 1.54) is 24.3 Å². The van der Waals surface area contributed by atoms with Gasteiger partial charge in [0.2, 0.25) is 5.88 Å². The first-order valence-electron chi connectivity index (χ1n) is 12.3. The zero-order valence-electron chi connectivity index (χ0n) is 22.3. The molecule has 0 aliphatic rings. The number of carboxylic acids is 1. The van der Waals surface area contributed by atoms with Crippen molar-refractivity contribution in [2.24, 2.45) is 5.41 Å². The molecule has 0 bridgehead atoms. The molecule has 0 saturated heterocycles. The SMILES string of the molecule is CC(C)(C)C(C(=O)O)N(c1ccc2c(ccn2-c2ccc(OCC(O)CO)nn2)c1)S(=O)(=O)c1cc(Cl)cc(Cl)c1. The minimum atomic E-state index is -4.45. The van der Waals surface area contributed by atoms with Crippen LogP contribution < -0.4 is 9.04 Å². The second-order valence-corrected chi connectivity index (χ2v) is 13.0. The zero-order valence-corrected chi connectivity index (χ0v) is 24.6. The molecule has 2 aromatic heterocycles. The van der Waals surface area contributed by atoms with Crippen molar-refractivity contribution in [3.8, 4) is 11.7 Å². The average molecular weight is 624 g/mol. The molecule has 0 saturated carbocycles. The van der Waals surface area contributed by atoms with Gasteiger partial charge in [0.05, 0.1) is 22.7 Å². The molecule has 0 aliphatic carbocycles. The third kappa shape index (κ3) is 6.57. The molecule has 0 radical (unpaired) electrons. The lowest BCUT2D eigenvalue weighted by Crippen LogP contribution is -2.52. The Morgan fingerprint density at radius 3 is 2.29 bits per heavy atom. The van der Waals surface area contributed by atoms with Gasteiger partial charge in [0.1, 0.15) is 18.8 Å². The van der Waals surface area contributed by atoms with E-state index in [2.05, 4.69) is 10.2 Å². The molecule has 41 heavy (non-hydrogen) atoms. The third-order valence-electron chi connectivity index (χ3n) is 6.12. The van der Waals surface area contributed by atoms with Crippen molar-refractivity contribution in [1.29, 1.82) is 0 Å². The fraction of sp³-hybridized carbons (Fsp3) is 0.296. The summed E-state index contributed by atoms with van der Waals surface area (Å²) in [5.41, 5.74) is -0.224. The van der Waals surface area contributed by atoms with Gasteiger partial charge in [-0.05, 0) is 53.9 Å². The highest BCUT2D eigenvalue weighted by atomic mass is 35.5. The number of anilines is 1. The lowest BCUT2D eigenvalue weighted by molar-refractivity contribution is -0.140. The van der Waals surface area contributed by atoms with Gasteiger partial charge in [0.15, 0.2) is 5.82 Å². The summed E-state index contributed by atoms with van der Waals surface area (Å²) >= 11 is 12.2. The molecule has 218 valence electrons. The minimum absolute atomic E-state index is 0.0910. The van der Waals surface area contributed by atoms with E-state index >= 15 is 0 Å². The van der Waals surface area contributed by atoms with Crippen LogP contribution in [0.4, 0.5) is 5.69 Å². The fourth-order valence-electron chi connectivity index (χ4n) is 4.26. The van der Waals surface area contributed by atoms with Gasteiger partial charge in [0.25, 0.3) is 10.0 Å². The highest BCUT2D eigenvalue weighted by Gasteiger charge is 2.43. The van der Waals surface area contributed by atoms with E-state index in [0.717, 1.165) is 4.31 Å². The molecule has 2 heterocycles. The molecule has 0 fully saturated rings. The molecule has 2 atom stereocenters. The standard InChI is InChI=1S/C27H28Cl2N4O7S/c1-27(2,3)25(26(36)37)33(41(38,39)21-12-17(28)11-18(29)13-21)19-4-5-22-16(10-19)8-9-32(22)23-6-7-24(31-30-23)40-15-20(35)14-34/h4-13,20,25,34-35H,14-15H2,1-3H3,(H,36,37). The molecule has 2 unspecified atom stereocenters. The van der Waals surface area contributed by atoms with Crippen molar-refractivity contribution in [2.75, 3.05) is 17.5 Å². The number of ether oxygens (including phenoxy) is 1. The quantitative estimate of drug-likeness (QED) is 0.236. The number of rotatable bonds is 10. The molecule has 11 nitrogen and oxygen atoms in total. The second-order valence-electron chi connectivity index (χ2n) is 10.3. The summed E-state index contributed by atoms with van der Waals surface area (Å²) in [5, 5.41) is 37.5. The van der Waals surface area contributed by atoms with Crippen LogP contribution in [0.15, 0.2) is 65.7 Å². The van der Waals surface area contributed by atoms with Crippen LogP contribution in [0.3, 0.4) is 0 Å². The lowest BCUT2D eigenvalue weighted by Gasteiger charge is -2.37. The molecule has 14 heteroatoms. The van der Waals surface area contributed by atoms with Gasteiger partial charge in [-0.25, -0.2) is 13.2 Å². The molecule has 0 spiro atoms. The van der Waals surface area contributed by atoms with Gasteiger partial charge in [-0.1, -0.05) is 44.0 Å². The molecule has 3 N–H and O–H groups in total. The molecular formula is C27H28Cl2N4O7S.